The number of benzene rings is 1. The van der Waals surface area contributed by atoms with Gasteiger partial charge in [0.25, 0.3) is 0 Å². The molecule has 4 heteroatoms. The Hall–Kier alpha value is -1.39. The molecule has 4 nitrogen and oxygen atoms in total. The Morgan fingerprint density at radius 2 is 2.00 bits per heavy atom. The summed E-state index contributed by atoms with van der Waals surface area (Å²) >= 11 is 0. The minimum absolute atomic E-state index is 0.0103. The Balaban J connectivity index is 2.16. The van der Waals surface area contributed by atoms with Gasteiger partial charge < -0.3 is 10.2 Å². The first kappa shape index (κ1) is 12.1. The van der Waals surface area contributed by atoms with Crippen LogP contribution < -0.4 is 5.32 Å². The Morgan fingerprint density at radius 1 is 1.35 bits per heavy atom. The summed E-state index contributed by atoms with van der Waals surface area (Å²) in [5, 5.41) is 21.7. The molecule has 0 amide bonds. The Bertz CT molecular complexity index is 381. The molecular weight excluding hydrogens is 218 g/mol. The van der Waals surface area contributed by atoms with Gasteiger partial charge in [-0.1, -0.05) is 30.3 Å². The van der Waals surface area contributed by atoms with Crippen LogP contribution in [0.25, 0.3) is 0 Å². The van der Waals surface area contributed by atoms with Crippen molar-refractivity contribution >= 4 is 5.97 Å². The second-order valence-corrected chi connectivity index (χ2v) is 4.62. The van der Waals surface area contributed by atoms with Crippen LogP contribution in [-0.4, -0.2) is 28.3 Å². The highest BCUT2D eigenvalue weighted by atomic mass is 16.4. The minimum Gasteiger partial charge on any atom is -0.480 e. The lowest BCUT2D eigenvalue weighted by atomic mass is 9.76. The third-order valence-corrected chi connectivity index (χ3v) is 3.44. The molecule has 1 aromatic rings. The van der Waals surface area contributed by atoms with E-state index in [1.165, 1.54) is 0 Å². The van der Waals surface area contributed by atoms with Crippen molar-refractivity contribution in [3.8, 4) is 0 Å². The fourth-order valence-electron chi connectivity index (χ4n) is 2.19. The summed E-state index contributed by atoms with van der Waals surface area (Å²) in [6.07, 6.45) is 2.70. The summed E-state index contributed by atoms with van der Waals surface area (Å²) in [5.41, 5.74) is 0.318. The van der Waals surface area contributed by atoms with Crippen LogP contribution in [0.3, 0.4) is 0 Å². The highest BCUT2D eigenvalue weighted by molar-refractivity contribution is 5.75. The summed E-state index contributed by atoms with van der Waals surface area (Å²) in [5.74, 6) is -0.907. The predicted molar refractivity (Wildman–Crippen MR) is 63.6 cm³/mol. The molecule has 1 saturated carbocycles. The molecule has 1 aliphatic carbocycles. The van der Waals surface area contributed by atoms with Gasteiger partial charge in [0.15, 0.2) is 0 Å². The fourth-order valence-corrected chi connectivity index (χ4v) is 2.19. The van der Waals surface area contributed by atoms with E-state index in [1.54, 1.807) is 12.1 Å². The molecule has 1 atom stereocenters. The second-order valence-electron chi connectivity index (χ2n) is 4.62. The molecule has 0 aromatic heterocycles. The molecule has 3 N–H and O–H groups in total. The number of hydrogen-bond donors (Lipinski definition) is 3. The standard InChI is InChI=1S/C13H17NO3/c15-9-13(7-4-8-13)14-11(12(16)17)10-5-2-1-3-6-10/h1-3,5-6,11,14-15H,4,7-9H2,(H,16,17). The number of hydrogen-bond acceptors (Lipinski definition) is 3. The number of rotatable bonds is 5. The van der Waals surface area contributed by atoms with Crippen molar-refractivity contribution in [1.82, 2.24) is 5.32 Å². The second kappa shape index (κ2) is 4.85. The van der Waals surface area contributed by atoms with E-state index in [9.17, 15) is 15.0 Å². The van der Waals surface area contributed by atoms with E-state index in [0.29, 0.717) is 0 Å². The third-order valence-electron chi connectivity index (χ3n) is 3.44. The lowest BCUT2D eigenvalue weighted by Gasteiger charge is -2.43. The van der Waals surface area contributed by atoms with Crippen LogP contribution in [0.5, 0.6) is 0 Å². The SMILES string of the molecule is O=C(O)C(NC1(CO)CCC1)c1ccccc1. The first-order valence-electron chi connectivity index (χ1n) is 5.83. The van der Waals surface area contributed by atoms with Crippen molar-refractivity contribution in [2.45, 2.75) is 30.8 Å². The van der Waals surface area contributed by atoms with Gasteiger partial charge in [0, 0.05) is 5.54 Å². The molecule has 0 heterocycles. The molecule has 0 spiro atoms. The zero-order valence-corrected chi connectivity index (χ0v) is 9.60. The van der Waals surface area contributed by atoms with Gasteiger partial charge in [-0.3, -0.25) is 10.1 Å². The van der Waals surface area contributed by atoms with Gasteiger partial charge in [0.05, 0.1) is 6.61 Å². The minimum atomic E-state index is -0.907. The summed E-state index contributed by atoms with van der Waals surface area (Å²) in [6.45, 7) is -0.0103. The van der Waals surface area contributed by atoms with Crippen LogP contribution in [0.2, 0.25) is 0 Å². The molecule has 1 fully saturated rings. The smallest absolute Gasteiger partial charge is 0.325 e. The van der Waals surface area contributed by atoms with Crippen LogP contribution in [-0.2, 0) is 4.79 Å². The Labute approximate surface area is 100 Å². The summed E-state index contributed by atoms with van der Waals surface area (Å²) in [7, 11) is 0. The number of aliphatic hydroxyl groups is 1. The molecule has 92 valence electrons. The summed E-state index contributed by atoms with van der Waals surface area (Å²) in [6, 6.07) is 8.32. The third kappa shape index (κ3) is 2.48. The van der Waals surface area contributed by atoms with Gasteiger partial charge >= 0.3 is 5.97 Å². The number of nitrogens with one attached hydrogen (secondary N) is 1. The van der Waals surface area contributed by atoms with E-state index in [-0.39, 0.29) is 6.61 Å². The lowest BCUT2D eigenvalue weighted by molar-refractivity contribution is -0.141. The molecule has 0 aliphatic heterocycles. The first-order chi connectivity index (χ1) is 8.17. The number of aliphatic hydroxyl groups excluding tert-OH is 1. The number of carbonyl (C=O) groups is 1. The quantitative estimate of drug-likeness (QED) is 0.720. The van der Waals surface area contributed by atoms with Crippen molar-refractivity contribution in [3.05, 3.63) is 35.9 Å². The Kier molecular flexibility index (Phi) is 3.45. The molecule has 0 bridgehead atoms. The van der Waals surface area contributed by atoms with Crippen molar-refractivity contribution in [2.75, 3.05) is 6.61 Å². The summed E-state index contributed by atoms with van der Waals surface area (Å²) in [4.78, 5) is 11.3. The number of carboxylic acids is 1. The van der Waals surface area contributed by atoms with Gasteiger partial charge in [0.2, 0.25) is 0 Å². The van der Waals surface area contributed by atoms with Gasteiger partial charge in [-0.05, 0) is 24.8 Å². The van der Waals surface area contributed by atoms with Gasteiger partial charge in [-0.2, -0.15) is 0 Å². The summed E-state index contributed by atoms with van der Waals surface area (Å²) < 4.78 is 0. The average molecular weight is 235 g/mol. The molecule has 0 saturated heterocycles. The van der Waals surface area contributed by atoms with Crippen LogP contribution in [0.1, 0.15) is 30.9 Å². The van der Waals surface area contributed by atoms with Gasteiger partial charge in [0.1, 0.15) is 6.04 Å². The molecule has 1 aliphatic rings. The first-order valence-corrected chi connectivity index (χ1v) is 5.83. The van der Waals surface area contributed by atoms with Gasteiger partial charge in [-0.15, -0.1) is 0 Å². The van der Waals surface area contributed by atoms with Crippen molar-refractivity contribution in [3.63, 3.8) is 0 Å². The average Bonchev–Trinajstić information content (AvgIpc) is 2.29. The topological polar surface area (TPSA) is 69.6 Å². The monoisotopic (exact) mass is 235 g/mol. The molecule has 1 aromatic carbocycles. The van der Waals surface area contributed by atoms with Crippen molar-refractivity contribution in [1.29, 1.82) is 0 Å². The number of carboxylic acid groups (broad SMARTS) is 1. The van der Waals surface area contributed by atoms with Crippen LogP contribution in [0, 0.1) is 0 Å². The molecule has 17 heavy (non-hydrogen) atoms. The largest absolute Gasteiger partial charge is 0.480 e. The normalized spacial score (nSPS) is 19.4. The highest BCUT2D eigenvalue weighted by Crippen LogP contribution is 2.33. The maximum Gasteiger partial charge on any atom is 0.325 e. The van der Waals surface area contributed by atoms with Crippen molar-refractivity contribution in [2.24, 2.45) is 0 Å². The lowest BCUT2D eigenvalue weighted by Crippen LogP contribution is -2.56. The fraction of sp³-hybridized carbons (Fsp3) is 0.462. The molecule has 1 unspecified atom stereocenters. The van der Waals surface area contributed by atoms with E-state index in [0.717, 1.165) is 24.8 Å². The maximum absolute atomic E-state index is 11.3. The number of aliphatic carboxylic acids is 1. The molecular formula is C13H17NO3. The Morgan fingerprint density at radius 3 is 2.41 bits per heavy atom. The predicted octanol–water partition coefficient (Wildman–Crippen LogP) is 1.32. The zero-order chi connectivity index (χ0) is 12.3. The van der Waals surface area contributed by atoms with Gasteiger partial charge in [-0.25, -0.2) is 0 Å². The molecule has 2 rings (SSSR count). The van der Waals surface area contributed by atoms with E-state index in [2.05, 4.69) is 5.32 Å². The zero-order valence-electron chi connectivity index (χ0n) is 9.60. The highest BCUT2D eigenvalue weighted by Gasteiger charge is 2.39. The maximum atomic E-state index is 11.3. The van der Waals surface area contributed by atoms with E-state index < -0.39 is 17.6 Å². The van der Waals surface area contributed by atoms with Crippen LogP contribution >= 0.6 is 0 Å². The van der Waals surface area contributed by atoms with Crippen LogP contribution in [0.15, 0.2) is 30.3 Å². The van der Waals surface area contributed by atoms with Crippen molar-refractivity contribution < 1.29 is 15.0 Å². The molecule has 0 radical (unpaired) electrons. The van der Waals surface area contributed by atoms with E-state index in [1.807, 2.05) is 18.2 Å². The van der Waals surface area contributed by atoms with Crippen LogP contribution in [0.4, 0.5) is 0 Å². The van der Waals surface area contributed by atoms with E-state index >= 15 is 0 Å². The van der Waals surface area contributed by atoms with E-state index in [4.69, 9.17) is 0 Å².